The van der Waals surface area contributed by atoms with Gasteiger partial charge in [0.2, 0.25) is 0 Å². The Bertz CT molecular complexity index is 1280. The van der Waals surface area contributed by atoms with Gasteiger partial charge in [0.1, 0.15) is 11.2 Å². The van der Waals surface area contributed by atoms with E-state index < -0.39 is 0 Å². The number of rotatable bonds is 0. The first-order valence-corrected chi connectivity index (χ1v) is 7.99. The maximum absolute atomic E-state index is 6.18. The molecule has 5 rings (SSSR count). The molecule has 0 N–H and O–H groups in total. The molecule has 0 fully saturated rings. The highest BCUT2D eigenvalue weighted by atomic mass is 32.1. The first-order valence-electron chi connectivity index (χ1n) is 7.58. The minimum absolute atomic E-state index is 0.844. The number of hydrogen-bond donors (Lipinski definition) is 0. The Kier molecular flexibility index (Phi) is 2.58. The van der Waals surface area contributed by atoms with Gasteiger partial charge in [-0.2, -0.15) is 0 Å². The monoisotopic (exact) mass is 312 g/mol. The predicted octanol–water partition coefficient (Wildman–Crippen LogP) is 6.62. The Balaban J connectivity index is 2.07. The molecule has 0 spiro atoms. The van der Waals surface area contributed by atoms with Crippen LogP contribution >= 0.6 is 12.2 Å². The van der Waals surface area contributed by atoms with Crippen molar-refractivity contribution in [3.05, 3.63) is 77.3 Å². The van der Waals surface area contributed by atoms with Crippen molar-refractivity contribution in [1.29, 1.82) is 0 Å². The number of benzene rings is 4. The summed E-state index contributed by atoms with van der Waals surface area (Å²) in [6.07, 6.45) is 0. The highest BCUT2D eigenvalue weighted by molar-refractivity contribution is 7.72. The summed E-state index contributed by atoms with van der Waals surface area (Å²) in [5, 5.41) is 6.71. The smallest absolute Gasteiger partial charge is 0.136 e. The van der Waals surface area contributed by atoms with Crippen LogP contribution in [0.3, 0.4) is 0 Å². The van der Waals surface area contributed by atoms with Crippen molar-refractivity contribution < 1.29 is 4.42 Å². The molecule has 0 saturated heterocycles. The SMILES string of the molecule is S=c1c2cc3ccccc3cc2oc2ccc3ccccc3c12. The van der Waals surface area contributed by atoms with Crippen LogP contribution in [0, 0.1) is 4.51 Å². The van der Waals surface area contributed by atoms with Crippen LogP contribution in [0.4, 0.5) is 0 Å². The third-order valence-corrected chi connectivity index (χ3v) is 4.85. The minimum atomic E-state index is 0.844. The Morgan fingerprint density at radius 3 is 2.13 bits per heavy atom. The van der Waals surface area contributed by atoms with Crippen LogP contribution in [-0.2, 0) is 0 Å². The fraction of sp³-hybridized carbons (Fsp3) is 0. The Labute approximate surface area is 137 Å². The normalized spacial score (nSPS) is 11.7. The maximum atomic E-state index is 6.18. The molecule has 0 amide bonds. The first kappa shape index (κ1) is 12.8. The molecular weight excluding hydrogens is 300 g/mol. The second kappa shape index (κ2) is 4.64. The highest BCUT2D eigenvalue weighted by Gasteiger charge is 2.09. The Morgan fingerprint density at radius 1 is 0.609 bits per heavy atom. The molecule has 23 heavy (non-hydrogen) atoms. The number of fused-ring (bicyclic) bond motifs is 5. The molecule has 0 radical (unpaired) electrons. The fourth-order valence-corrected chi connectivity index (χ4v) is 3.68. The number of hydrogen-bond acceptors (Lipinski definition) is 2. The molecule has 0 unspecified atom stereocenters. The molecule has 0 aliphatic heterocycles. The lowest BCUT2D eigenvalue weighted by Gasteiger charge is -2.07. The van der Waals surface area contributed by atoms with Crippen molar-refractivity contribution in [2.45, 2.75) is 0 Å². The van der Waals surface area contributed by atoms with E-state index in [0.717, 1.165) is 31.8 Å². The molecule has 0 aliphatic rings. The van der Waals surface area contributed by atoms with Crippen molar-refractivity contribution in [3.63, 3.8) is 0 Å². The highest BCUT2D eigenvalue weighted by Crippen LogP contribution is 2.33. The molecule has 108 valence electrons. The molecule has 2 heteroatoms. The van der Waals surface area contributed by atoms with E-state index in [4.69, 9.17) is 16.6 Å². The van der Waals surface area contributed by atoms with Gasteiger partial charge in [0.15, 0.2) is 0 Å². The Morgan fingerprint density at radius 2 is 1.30 bits per heavy atom. The van der Waals surface area contributed by atoms with E-state index in [2.05, 4.69) is 42.5 Å². The van der Waals surface area contributed by atoms with E-state index in [1.54, 1.807) is 0 Å². The van der Waals surface area contributed by atoms with Gasteiger partial charge >= 0.3 is 0 Å². The van der Waals surface area contributed by atoms with Crippen molar-refractivity contribution in [2.75, 3.05) is 0 Å². The summed E-state index contributed by atoms with van der Waals surface area (Å²) in [5.74, 6) is 0. The van der Waals surface area contributed by atoms with Gasteiger partial charge in [-0.05, 0) is 39.7 Å². The van der Waals surface area contributed by atoms with Crippen molar-refractivity contribution in [3.8, 4) is 0 Å². The average molecular weight is 312 g/mol. The molecule has 0 bridgehead atoms. The van der Waals surface area contributed by atoms with E-state index >= 15 is 0 Å². The van der Waals surface area contributed by atoms with Gasteiger partial charge in [-0.15, -0.1) is 0 Å². The summed E-state index contributed by atoms with van der Waals surface area (Å²) >= 11 is 5.83. The van der Waals surface area contributed by atoms with Gasteiger partial charge in [0.05, 0.1) is 4.51 Å². The van der Waals surface area contributed by atoms with Crippen LogP contribution in [0.2, 0.25) is 0 Å². The second-order valence-corrected chi connectivity index (χ2v) is 6.19. The summed E-state index contributed by atoms with van der Waals surface area (Å²) in [7, 11) is 0. The molecule has 1 nitrogen and oxygen atoms in total. The summed E-state index contributed by atoms with van der Waals surface area (Å²) in [6.45, 7) is 0. The van der Waals surface area contributed by atoms with Gasteiger partial charge in [-0.25, -0.2) is 0 Å². The van der Waals surface area contributed by atoms with Crippen LogP contribution in [0.5, 0.6) is 0 Å². The lowest BCUT2D eigenvalue weighted by Crippen LogP contribution is -1.83. The quantitative estimate of drug-likeness (QED) is 0.181. The standard InChI is InChI=1S/C21H12OS/c23-21-17-11-14-6-1-2-7-15(14)12-19(17)22-18-10-9-13-5-3-4-8-16(13)20(18)21/h1-12H. The van der Waals surface area contributed by atoms with Crippen LogP contribution in [-0.4, -0.2) is 0 Å². The second-order valence-electron chi connectivity index (χ2n) is 5.79. The van der Waals surface area contributed by atoms with Gasteiger partial charge in [-0.1, -0.05) is 66.8 Å². The molecule has 1 heterocycles. The molecule has 0 aliphatic carbocycles. The van der Waals surface area contributed by atoms with Gasteiger partial charge in [-0.3, -0.25) is 0 Å². The zero-order valence-corrected chi connectivity index (χ0v) is 13.1. The van der Waals surface area contributed by atoms with Crippen molar-refractivity contribution in [2.24, 2.45) is 0 Å². The molecular formula is C21H12OS. The maximum Gasteiger partial charge on any atom is 0.136 e. The van der Waals surface area contributed by atoms with E-state index in [1.807, 2.05) is 30.3 Å². The minimum Gasteiger partial charge on any atom is -0.456 e. The van der Waals surface area contributed by atoms with E-state index in [0.29, 0.717) is 0 Å². The topological polar surface area (TPSA) is 13.1 Å². The van der Waals surface area contributed by atoms with E-state index in [-0.39, 0.29) is 0 Å². The lowest BCUT2D eigenvalue weighted by atomic mass is 10.0. The largest absolute Gasteiger partial charge is 0.456 e. The molecule has 1 aromatic heterocycles. The third-order valence-electron chi connectivity index (χ3n) is 4.43. The molecule has 5 aromatic rings. The van der Waals surface area contributed by atoms with Crippen molar-refractivity contribution in [1.82, 2.24) is 0 Å². The lowest BCUT2D eigenvalue weighted by molar-refractivity contribution is 0.661. The summed E-state index contributed by atoms with van der Waals surface area (Å²) in [4.78, 5) is 0. The average Bonchev–Trinajstić information content (AvgIpc) is 2.60. The van der Waals surface area contributed by atoms with Gasteiger partial charge in [0.25, 0.3) is 0 Å². The zero-order chi connectivity index (χ0) is 15.4. The summed E-state index contributed by atoms with van der Waals surface area (Å²) in [5.41, 5.74) is 1.69. The van der Waals surface area contributed by atoms with Crippen molar-refractivity contribution >= 4 is 55.7 Å². The fourth-order valence-electron chi connectivity index (χ4n) is 3.31. The van der Waals surface area contributed by atoms with Crippen LogP contribution in [0.15, 0.2) is 77.2 Å². The summed E-state index contributed by atoms with van der Waals surface area (Å²) in [6, 6.07) is 24.9. The Hall–Kier alpha value is -2.71. The zero-order valence-electron chi connectivity index (χ0n) is 12.2. The predicted molar refractivity (Wildman–Crippen MR) is 99.6 cm³/mol. The van der Waals surface area contributed by atoms with Crippen LogP contribution < -0.4 is 0 Å². The molecule has 0 atom stereocenters. The van der Waals surface area contributed by atoms with E-state index in [1.165, 1.54) is 16.2 Å². The molecule has 4 aromatic carbocycles. The van der Waals surface area contributed by atoms with Gasteiger partial charge < -0.3 is 4.42 Å². The molecule has 0 saturated carbocycles. The van der Waals surface area contributed by atoms with Gasteiger partial charge in [0, 0.05) is 10.8 Å². The van der Waals surface area contributed by atoms with Crippen LogP contribution in [0.25, 0.3) is 43.5 Å². The first-order chi connectivity index (χ1) is 11.3. The third kappa shape index (κ3) is 1.82. The summed E-state index contributed by atoms with van der Waals surface area (Å²) < 4.78 is 7.04. The van der Waals surface area contributed by atoms with Crippen LogP contribution in [0.1, 0.15) is 0 Å². The van der Waals surface area contributed by atoms with E-state index in [9.17, 15) is 0 Å².